The van der Waals surface area contributed by atoms with Crippen LogP contribution in [0, 0.1) is 6.92 Å². The van der Waals surface area contributed by atoms with Crippen LogP contribution >= 0.6 is 23.2 Å². The highest BCUT2D eigenvalue weighted by Gasteiger charge is 2.36. The first kappa shape index (κ1) is 19.4. The van der Waals surface area contributed by atoms with E-state index in [1.165, 1.54) is 24.4 Å². The maximum absolute atomic E-state index is 13.3. The Balaban J connectivity index is 2.04. The number of hydrogen-bond acceptors (Lipinski definition) is 5. The van der Waals surface area contributed by atoms with E-state index < -0.39 is 23.4 Å². The van der Waals surface area contributed by atoms with Crippen molar-refractivity contribution in [3.05, 3.63) is 68.3 Å². The zero-order valence-corrected chi connectivity index (χ0v) is 16.0. The summed E-state index contributed by atoms with van der Waals surface area (Å²) < 4.78 is 45.9. The number of alkyl halides is 3. The van der Waals surface area contributed by atoms with Crippen LogP contribution in [-0.4, -0.2) is 19.7 Å². The molecule has 3 aromatic heterocycles. The molecule has 0 atom stereocenters. The fourth-order valence-corrected chi connectivity index (χ4v) is 3.26. The number of fused-ring (bicyclic) bond motifs is 1. The molecule has 0 radical (unpaired) electrons. The molecule has 0 saturated heterocycles. The largest absolute Gasteiger partial charge is 0.435 e. The summed E-state index contributed by atoms with van der Waals surface area (Å²) in [5.74, 6) is -0.489. The molecule has 1 aromatic carbocycles. The molecular formula is C18H9Cl2F3N4O2. The van der Waals surface area contributed by atoms with Gasteiger partial charge in [0.05, 0.1) is 15.4 Å². The van der Waals surface area contributed by atoms with Crippen LogP contribution in [0.25, 0.3) is 28.3 Å². The van der Waals surface area contributed by atoms with E-state index in [1.54, 1.807) is 13.0 Å². The van der Waals surface area contributed by atoms with E-state index in [9.17, 15) is 18.0 Å². The van der Waals surface area contributed by atoms with E-state index in [0.29, 0.717) is 11.6 Å². The van der Waals surface area contributed by atoms with Crippen LogP contribution in [0.15, 0.2) is 45.7 Å². The van der Waals surface area contributed by atoms with Crippen molar-refractivity contribution in [2.24, 2.45) is 0 Å². The molecular weight excluding hydrogens is 432 g/mol. The van der Waals surface area contributed by atoms with Gasteiger partial charge in [0.15, 0.2) is 11.5 Å². The summed E-state index contributed by atoms with van der Waals surface area (Å²) in [5, 5.41) is 3.86. The molecule has 0 fully saturated rings. The van der Waals surface area contributed by atoms with Crippen molar-refractivity contribution in [1.29, 1.82) is 0 Å². The molecule has 0 aliphatic heterocycles. The van der Waals surface area contributed by atoms with Gasteiger partial charge in [0, 0.05) is 12.3 Å². The minimum atomic E-state index is -4.76. The third-order valence-electron chi connectivity index (χ3n) is 3.99. The van der Waals surface area contributed by atoms with Crippen molar-refractivity contribution in [2.75, 3.05) is 0 Å². The van der Waals surface area contributed by atoms with Crippen LogP contribution in [0.4, 0.5) is 13.2 Å². The molecule has 148 valence electrons. The lowest BCUT2D eigenvalue weighted by Gasteiger charge is -2.08. The Morgan fingerprint density at radius 2 is 1.90 bits per heavy atom. The Morgan fingerprint density at radius 1 is 1.14 bits per heavy atom. The molecule has 29 heavy (non-hydrogen) atoms. The second-order valence-electron chi connectivity index (χ2n) is 6.08. The van der Waals surface area contributed by atoms with Gasteiger partial charge in [-0.05, 0) is 36.8 Å². The average molecular weight is 441 g/mol. The van der Waals surface area contributed by atoms with E-state index in [2.05, 4.69) is 15.1 Å². The molecule has 4 rings (SSSR count). The number of halogens is 5. The van der Waals surface area contributed by atoms with Crippen molar-refractivity contribution >= 4 is 34.1 Å². The third-order valence-corrected chi connectivity index (χ3v) is 4.57. The number of aromatic nitrogens is 4. The minimum absolute atomic E-state index is 0.0439. The maximum atomic E-state index is 13.3. The number of rotatable bonds is 2. The van der Waals surface area contributed by atoms with Crippen LogP contribution in [-0.2, 0) is 6.18 Å². The van der Waals surface area contributed by atoms with Gasteiger partial charge in [-0.15, -0.1) is 0 Å². The average Bonchev–Trinajstić information content (AvgIpc) is 3.08. The zero-order valence-electron chi connectivity index (χ0n) is 14.5. The van der Waals surface area contributed by atoms with E-state index in [-0.39, 0.29) is 32.5 Å². The van der Waals surface area contributed by atoms with Gasteiger partial charge in [-0.3, -0.25) is 0 Å². The summed E-state index contributed by atoms with van der Waals surface area (Å²) in [6.07, 6.45) is -3.42. The maximum Gasteiger partial charge on any atom is 0.435 e. The summed E-state index contributed by atoms with van der Waals surface area (Å²) >= 11 is 12.2. The monoisotopic (exact) mass is 440 g/mol. The van der Waals surface area contributed by atoms with Crippen LogP contribution in [0.2, 0.25) is 10.0 Å². The van der Waals surface area contributed by atoms with Gasteiger partial charge < -0.3 is 4.42 Å². The summed E-state index contributed by atoms with van der Waals surface area (Å²) in [4.78, 5) is 20.6. The minimum Gasteiger partial charge on any atom is -0.401 e. The second kappa shape index (κ2) is 6.85. The smallest absolute Gasteiger partial charge is 0.401 e. The molecule has 0 aliphatic carbocycles. The summed E-state index contributed by atoms with van der Waals surface area (Å²) in [5.41, 5.74) is -1.49. The lowest BCUT2D eigenvalue weighted by atomic mass is 10.2. The number of benzene rings is 1. The summed E-state index contributed by atoms with van der Waals surface area (Å²) in [7, 11) is 0. The van der Waals surface area contributed by atoms with Crippen molar-refractivity contribution < 1.29 is 17.6 Å². The Morgan fingerprint density at radius 3 is 2.59 bits per heavy atom. The molecule has 6 nitrogen and oxygen atoms in total. The second-order valence-corrected chi connectivity index (χ2v) is 6.90. The quantitative estimate of drug-likeness (QED) is 0.434. The van der Waals surface area contributed by atoms with Gasteiger partial charge in [-0.1, -0.05) is 23.2 Å². The Hall–Kier alpha value is -2.91. The van der Waals surface area contributed by atoms with Gasteiger partial charge >= 0.3 is 11.8 Å². The zero-order chi connectivity index (χ0) is 20.9. The lowest BCUT2D eigenvalue weighted by molar-refractivity contribution is -0.141. The van der Waals surface area contributed by atoms with E-state index in [4.69, 9.17) is 27.6 Å². The van der Waals surface area contributed by atoms with Crippen molar-refractivity contribution in [1.82, 2.24) is 19.7 Å². The van der Waals surface area contributed by atoms with Crippen LogP contribution in [0.1, 0.15) is 11.3 Å². The highest BCUT2D eigenvalue weighted by atomic mass is 35.5. The molecule has 0 bridgehead atoms. The van der Waals surface area contributed by atoms with Crippen molar-refractivity contribution in [3.63, 3.8) is 0 Å². The standard InChI is InChI=1S/C18H9Cl2F3N4O2/c1-8-5-9-14(11(20)6-8)25-16(29-17(9)28)12-7-13(18(21,22)23)26-27(12)15-10(19)3-2-4-24-15/h2-7H,1H3. The molecule has 3 heterocycles. The number of nitrogens with zero attached hydrogens (tertiary/aromatic N) is 4. The molecule has 0 aliphatic rings. The normalized spacial score (nSPS) is 11.9. The van der Waals surface area contributed by atoms with Crippen LogP contribution in [0.5, 0.6) is 0 Å². The van der Waals surface area contributed by atoms with Gasteiger partial charge in [0.2, 0.25) is 5.89 Å². The van der Waals surface area contributed by atoms with Gasteiger partial charge in [0.1, 0.15) is 11.2 Å². The lowest BCUT2D eigenvalue weighted by Crippen LogP contribution is -2.09. The first-order valence-corrected chi connectivity index (χ1v) is 8.80. The van der Waals surface area contributed by atoms with Crippen LogP contribution in [0.3, 0.4) is 0 Å². The molecule has 0 saturated carbocycles. The predicted octanol–water partition coefficient (Wildman–Crippen LogP) is 5.07. The summed E-state index contributed by atoms with van der Waals surface area (Å²) in [6, 6.07) is 6.75. The molecule has 0 spiro atoms. The fourth-order valence-electron chi connectivity index (χ4n) is 2.75. The SMILES string of the molecule is Cc1cc(Cl)c2nc(-c3cc(C(F)(F)F)nn3-c3ncccc3Cl)oc(=O)c2c1. The van der Waals surface area contributed by atoms with Crippen molar-refractivity contribution in [3.8, 4) is 17.4 Å². The Bertz CT molecular complexity index is 1310. The highest BCUT2D eigenvalue weighted by molar-refractivity contribution is 6.35. The Labute approximate surface area is 170 Å². The highest BCUT2D eigenvalue weighted by Crippen LogP contribution is 2.34. The topological polar surface area (TPSA) is 73.8 Å². The molecule has 0 N–H and O–H groups in total. The van der Waals surface area contributed by atoms with Gasteiger partial charge in [0.25, 0.3) is 0 Å². The van der Waals surface area contributed by atoms with E-state index in [0.717, 1.165) is 4.68 Å². The number of hydrogen-bond donors (Lipinski definition) is 0. The predicted molar refractivity (Wildman–Crippen MR) is 100 cm³/mol. The molecule has 0 unspecified atom stereocenters. The molecule has 0 amide bonds. The third kappa shape index (κ3) is 3.47. The molecule has 11 heteroatoms. The van der Waals surface area contributed by atoms with Gasteiger partial charge in [-0.25, -0.2) is 19.4 Å². The number of aryl methyl sites for hydroxylation is 1. The van der Waals surface area contributed by atoms with Crippen LogP contribution < -0.4 is 5.63 Å². The van der Waals surface area contributed by atoms with Crippen molar-refractivity contribution in [2.45, 2.75) is 13.1 Å². The molecule has 4 aromatic rings. The first-order chi connectivity index (χ1) is 13.6. The first-order valence-electron chi connectivity index (χ1n) is 8.04. The number of pyridine rings is 1. The van der Waals surface area contributed by atoms with E-state index >= 15 is 0 Å². The van der Waals surface area contributed by atoms with E-state index in [1.807, 2.05) is 0 Å². The van der Waals surface area contributed by atoms with Gasteiger partial charge in [-0.2, -0.15) is 18.3 Å². The Kier molecular flexibility index (Phi) is 4.59. The fraction of sp³-hybridized carbons (Fsp3) is 0.111. The summed E-state index contributed by atoms with van der Waals surface area (Å²) in [6.45, 7) is 1.73.